The van der Waals surface area contributed by atoms with Gasteiger partial charge in [0.25, 0.3) is 5.56 Å². The van der Waals surface area contributed by atoms with Crippen LogP contribution in [0.1, 0.15) is 28.0 Å². The van der Waals surface area contributed by atoms with Crippen LogP contribution in [0.2, 0.25) is 0 Å². The van der Waals surface area contributed by atoms with Crippen LogP contribution in [0.3, 0.4) is 0 Å². The zero-order valence-corrected chi connectivity index (χ0v) is 18.5. The van der Waals surface area contributed by atoms with Gasteiger partial charge in [-0.25, -0.2) is 8.42 Å². The zero-order chi connectivity index (χ0) is 22.2. The Kier molecular flexibility index (Phi) is 5.56. The van der Waals surface area contributed by atoms with Gasteiger partial charge in [-0.1, -0.05) is 29.8 Å². The predicted octanol–water partition coefficient (Wildman–Crippen LogP) is 4.44. The molecule has 0 saturated carbocycles. The number of H-pyrrole nitrogens is 1. The molecule has 2 aromatic carbocycles. The molecule has 0 spiro atoms. The molecule has 1 N–H and O–H groups in total. The first kappa shape index (κ1) is 21.1. The van der Waals surface area contributed by atoms with Crippen molar-refractivity contribution in [1.82, 2.24) is 9.29 Å². The molecule has 4 aromatic rings. The fourth-order valence-electron chi connectivity index (χ4n) is 3.54. The second-order valence-corrected chi connectivity index (χ2v) is 9.70. The molecule has 2 aromatic heterocycles. The summed E-state index contributed by atoms with van der Waals surface area (Å²) in [5.74, 6) is 0.499. The molecule has 0 atom stereocenters. The van der Waals surface area contributed by atoms with E-state index in [-0.39, 0.29) is 23.5 Å². The Labute approximate surface area is 181 Å². The second kappa shape index (κ2) is 8.17. The van der Waals surface area contributed by atoms with E-state index in [0.717, 1.165) is 27.6 Å². The summed E-state index contributed by atoms with van der Waals surface area (Å²) in [5, 5.41) is 0.864. The van der Waals surface area contributed by atoms with E-state index in [1.165, 1.54) is 10.6 Å². The fraction of sp³-hybridized carbons (Fsp3) is 0.208. The van der Waals surface area contributed by atoms with Gasteiger partial charge in [-0.15, -0.1) is 0 Å². The van der Waals surface area contributed by atoms with Crippen molar-refractivity contribution in [3.63, 3.8) is 0 Å². The van der Waals surface area contributed by atoms with Crippen molar-refractivity contribution in [3.05, 3.63) is 99.2 Å². The van der Waals surface area contributed by atoms with Crippen molar-refractivity contribution in [2.45, 2.75) is 38.8 Å². The van der Waals surface area contributed by atoms with Crippen molar-refractivity contribution in [2.24, 2.45) is 0 Å². The van der Waals surface area contributed by atoms with E-state index in [4.69, 9.17) is 4.42 Å². The minimum absolute atomic E-state index is 0.0214. The maximum atomic E-state index is 13.4. The van der Waals surface area contributed by atoms with Gasteiger partial charge >= 0.3 is 0 Å². The molecule has 0 aliphatic rings. The number of pyridine rings is 1. The molecule has 0 aliphatic heterocycles. The number of benzene rings is 2. The molecule has 0 amide bonds. The van der Waals surface area contributed by atoms with Gasteiger partial charge in [0.15, 0.2) is 0 Å². The Morgan fingerprint density at radius 3 is 2.39 bits per heavy atom. The number of rotatable bonds is 6. The molecular weight excluding hydrogens is 412 g/mol. The highest BCUT2D eigenvalue weighted by Crippen LogP contribution is 2.23. The lowest BCUT2D eigenvalue weighted by atomic mass is 10.0. The number of hydrogen-bond acceptors (Lipinski definition) is 4. The van der Waals surface area contributed by atoms with Crippen LogP contribution < -0.4 is 5.56 Å². The van der Waals surface area contributed by atoms with Crippen LogP contribution in [0.5, 0.6) is 0 Å². The normalized spacial score (nSPS) is 12.0. The Morgan fingerprint density at radius 1 is 0.968 bits per heavy atom. The first-order chi connectivity index (χ1) is 14.8. The lowest BCUT2D eigenvalue weighted by Crippen LogP contribution is -2.32. The summed E-state index contributed by atoms with van der Waals surface area (Å²) >= 11 is 0. The van der Waals surface area contributed by atoms with Crippen molar-refractivity contribution in [1.29, 1.82) is 0 Å². The van der Waals surface area contributed by atoms with Gasteiger partial charge in [0.1, 0.15) is 5.76 Å². The first-order valence-electron chi connectivity index (χ1n) is 9.97. The monoisotopic (exact) mass is 436 g/mol. The summed E-state index contributed by atoms with van der Waals surface area (Å²) in [6.45, 7) is 5.79. The highest BCUT2D eigenvalue weighted by atomic mass is 32.2. The number of aryl methyl sites for hydroxylation is 3. The average Bonchev–Trinajstić information content (AvgIpc) is 3.25. The molecule has 6 nitrogen and oxygen atoms in total. The van der Waals surface area contributed by atoms with Crippen LogP contribution in [0.4, 0.5) is 0 Å². The quantitative estimate of drug-likeness (QED) is 0.484. The van der Waals surface area contributed by atoms with E-state index in [1.807, 2.05) is 32.9 Å². The molecule has 2 heterocycles. The van der Waals surface area contributed by atoms with Crippen molar-refractivity contribution < 1.29 is 12.8 Å². The van der Waals surface area contributed by atoms with E-state index >= 15 is 0 Å². The van der Waals surface area contributed by atoms with Crippen LogP contribution >= 0.6 is 0 Å². The van der Waals surface area contributed by atoms with E-state index < -0.39 is 10.0 Å². The Bertz CT molecular complexity index is 1390. The lowest BCUT2D eigenvalue weighted by molar-refractivity contribution is 0.357. The number of aromatic amines is 1. The maximum Gasteiger partial charge on any atom is 0.252 e. The molecule has 160 valence electrons. The summed E-state index contributed by atoms with van der Waals surface area (Å²) in [5.41, 5.74) is 3.89. The smallest absolute Gasteiger partial charge is 0.252 e. The first-order valence-corrected chi connectivity index (χ1v) is 11.4. The fourth-order valence-corrected chi connectivity index (χ4v) is 4.92. The number of fused-ring (bicyclic) bond motifs is 1. The molecule has 0 bridgehead atoms. The number of furan rings is 1. The number of sulfonamides is 1. The van der Waals surface area contributed by atoms with Gasteiger partial charge in [0, 0.05) is 12.1 Å². The number of nitrogens with zero attached hydrogens (tertiary/aromatic N) is 1. The molecule has 31 heavy (non-hydrogen) atoms. The topological polar surface area (TPSA) is 83.4 Å². The molecular formula is C24H24N2O4S. The Balaban J connectivity index is 1.78. The Morgan fingerprint density at radius 2 is 1.71 bits per heavy atom. The van der Waals surface area contributed by atoms with Crippen LogP contribution in [0, 0.1) is 20.8 Å². The van der Waals surface area contributed by atoms with Gasteiger partial charge in [-0.2, -0.15) is 4.31 Å². The van der Waals surface area contributed by atoms with Crippen LogP contribution in [0.25, 0.3) is 10.9 Å². The number of aromatic nitrogens is 1. The van der Waals surface area contributed by atoms with E-state index in [9.17, 15) is 13.2 Å². The third-order valence-electron chi connectivity index (χ3n) is 5.55. The summed E-state index contributed by atoms with van der Waals surface area (Å²) in [6, 6.07) is 15.8. The molecule has 7 heteroatoms. The molecule has 0 unspecified atom stereocenters. The predicted molar refractivity (Wildman–Crippen MR) is 120 cm³/mol. The van der Waals surface area contributed by atoms with Gasteiger partial charge in [0.05, 0.1) is 23.2 Å². The molecule has 4 rings (SSSR count). The molecule has 0 aliphatic carbocycles. The van der Waals surface area contributed by atoms with Crippen molar-refractivity contribution in [2.75, 3.05) is 0 Å². The highest BCUT2D eigenvalue weighted by Gasteiger charge is 2.27. The summed E-state index contributed by atoms with van der Waals surface area (Å²) < 4.78 is 33.5. The standard InChI is InChI=1S/C24H24N2O4S/c1-16-6-10-22(11-7-16)31(28,29)26(15-21-5-4-12-30-21)14-20-13-19-9-8-17(2)18(3)23(19)25-24(20)27/h4-13H,14-15H2,1-3H3,(H,25,27). The minimum atomic E-state index is -3.86. The van der Waals surface area contributed by atoms with Crippen molar-refractivity contribution in [3.8, 4) is 0 Å². The summed E-state index contributed by atoms with van der Waals surface area (Å²) in [7, 11) is -3.86. The SMILES string of the molecule is Cc1ccc(S(=O)(=O)N(Cc2ccco2)Cc2cc3ccc(C)c(C)c3[nH]c2=O)cc1. The van der Waals surface area contributed by atoms with E-state index in [1.54, 1.807) is 42.5 Å². The van der Waals surface area contributed by atoms with Gasteiger partial charge in [-0.3, -0.25) is 4.79 Å². The summed E-state index contributed by atoms with van der Waals surface area (Å²) in [4.78, 5) is 15.9. The minimum Gasteiger partial charge on any atom is -0.468 e. The Hall–Kier alpha value is -3.16. The van der Waals surface area contributed by atoms with Gasteiger partial charge in [-0.05, 0) is 67.6 Å². The van der Waals surface area contributed by atoms with Crippen LogP contribution in [-0.4, -0.2) is 17.7 Å². The van der Waals surface area contributed by atoms with Gasteiger partial charge in [0.2, 0.25) is 10.0 Å². The van der Waals surface area contributed by atoms with Crippen molar-refractivity contribution >= 4 is 20.9 Å². The van der Waals surface area contributed by atoms with E-state index in [2.05, 4.69) is 4.98 Å². The summed E-state index contributed by atoms with van der Waals surface area (Å²) in [6.07, 6.45) is 1.50. The average molecular weight is 437 g/mol. The third kappa shape index (κ3) is 4.19. The maximum absolute atomic E-state index is 13.4. The largest absolute Gasteiger partial charge is 0.468 e. The molecule has 0 saturated heterocycles. The van der Waals surface area contributed by atoms with Crippen LogP contribution in [0.15, 0.2) is 75.0 Å². The van der Waals surface area contributed by atoms with Crippen LogP contribution in [-0.2, 0) is 23.1 Å². The lowest BCUT2D eigenvalue weighted by Gasteiger charge is -2.21. The molecule has 0 fully saturated rings. The second-order valence-electron chi connectivity index (χ2n) is 7.76. The number of nitrogens with one attached hydrogen (secondary N) is 1. The third-order valence-corrected chi connectivity index (χ3v) is 7.35. The zero-order valence-electron chi connectivity index (χ0n) is 17.7. The number of hydrogen-bond donors (Lipinski definition) is 1. The van der Waals surface area contributed by atoms with Gasteiger partial charge < -0.3 is 9.40 Å². The molecule has 0 radical (unpaired) electrons. The van der Waals surface area contributed by atoms with E-state index in [0.29, 0.717) is 11.3 Å². The highest BCUT2D eigenvalue weighted by molar-refractivity contribution is 7.89.